The molecule has 1 aromatic heterocycles. The van der Waals surface area contributed by atoms with Gasteiger partial charge in [-0.3, -0.25) is 9.59 Å². The summed E-state index contributed by atoms with van der Waals surface area (Å²) in [7, 11) is 0. The summed E-state index contributed by atoms with van der Waals surface area (Å²) in [5.41, 5.74) is 0.712. The van der Waals surface area contributed by atoms with E-state index in [4.69, 9.17) is 4.74 Å². The number of carbonyl (C=O) groups excluding carboxylic acids is 2. The van der Waals surface area contributed by atoms with Gasteiger partial charge in [0.2, 0.25) is 11.8 Å². The van der Waals surface area contributed by atoms with Gasteiger partial charge in [-0.2, -0.15) is 5.10 Å². The summed E-state index contributed by atoms with van der Waals surface area (Å²) in [6, 6.07) is 9.20. The average Bonchev–Trinajstić information content (AvgIpc) is 3.22. The number of amides is 2. The lowest BCUT2D eigenvalue weighted by atomic mass is 10.1. The highest BCUT2D eigenvalue weighted by Gasteiger charge is 2.36. The highest BCUT2D eigenvalue weighted by molar-refractivity contribution is 6.04. The molecule has 1 N–H and O–H groups in total. The zero-order chi connectivity index (χ0) is 19.4. The molecule has 0 bridgehead atoms. The summed E-state index contributed by atoms with van der Waals surface area (Å²) in [6.45, 7) is 7.67. The van der Waals surface area contributed by atoms with Crippen molar-refractivity contribution in [1.82, 2.24) is 9.78 Å². The second-order valence-corrected chi connectivity index (χ2v) is 7.09. The number of carbonyl (C=O) groups is 2. The minimum absolute atomic E-state index is 0.0713. The third-order valence-electron chi connectivity index (χ3n) is 4.46. The van der Waals surface area contributed by atoms with Crippen LogP contribution < -0.4 is 15.0 Å². The number of nitrogens with zero attached hydrogens (tertiary/aromatic N) is 3. The van der Waals surface area contributed by atoms with Crippen LogP contribution in [0.3, 0.4) is 0 Å². The van der Waals surface area contributed by atoms with Crippen LogP contribution in [0, 0.1) is 11.8 Å². The van der Waals surface area contributed by atoms with Gasteiger partial charge in [0.25, 0.3) is 0 Å². The van der Waals surface area contributed by atoms with Crippen molar-refractivity contribution in [3.05, 3.63) is 36.5 Å². The Labute approximate surface area is 159 Å². The molecule has 3 rings (SSSR count). The van der Waals surface area contributed by atoms with E-state index < -0.39 is 5.92 Å². The molecule has 27 heavy (non-hydrogen) atoms. The van der Waals surface area contributed by atoms with E-state index in [1.54, 1.807) is 21.8 Å². The minimum Gasteiger partial charge on any atom is -0.492 e. The van der Waals surface area contributed by atoms with Crippen molar-refractivity contribution in [2.24, 2.45) is 11.8 Å². The van der Waals surface area contributed by atoms with E-state index in [0.717, 1.165) is 6.54 Å². The molecule has 0 saturated carbocycles. The highest BCUT2D eigenvalue weighted by Crippen LogP contribution is 2.33. The monoisotopic (exact) mass is 370 g/mol. The standard InChI is InChI=1S/C20H26N4O3/c1-4-27-17-8-6-5-7-16(17)23-13-15(11-19(23)25)20(26)22-18-9-10-21-24(18)12-14(2)3/h5-10,14-15H,4,11-13H2,1-3H3,(H,22,26). The van der Waals surface area contributed by atoms with Crippen LogP contribution in [-0.2, 0) is 16.1 Å². The van der Waals surface area contributed by atoms with Crippen molar-refractivity contribution in [3.8, 4) is 5.75 Å². The Balaban J connectivity index is 1.71. The molecule has 1 aliphatic rings. The molecule has 1 unspecified atom stereocenters. The number of hydrogen-bond donors (Lipinski definition) is 1. The predicted molar refractivity (Wildman–Crippen MR) is 104 cm³/mol. The van der Waals surface area contributed by atoms with Gasteiger partial charge < -0.3 is 15.0 Å². The first-order valence-corrected chi connectivity index (χ1v) is 9.34. The molecule has 1 atom stereocenters. The Morgan fingerprint density at radius 3 is 2.85 bits per heavy atom. The Morgan fingerprint density at radius 1 is 1.33 bits per heavy atom. The van der Waals surface area contributed by atoms with Crippen LogP contribution in [0.15, 0.2) is 36.5 Å². The normalized spacial score (nSPS) is 16.8. The zero-order valence-electron chi connectivity index (χ0n) is 16.0. The zero-order valence-corrected chi connectivity index (χ0v) is 16.0. The van der Waals surface area contributed by atoms with E-state index in [2.05, 4.69) is 24.3 Å². The quantitative estimate of drug-likeness (QED) is 0.813. The fraction of sp³-hybridized carbons (Fsp3) is 0.450. The summed E-state index contributed by atoms with van der Waals surface area (Å²) in [6.07, 6.45) is 1.85. The number of aromatic nitrogens is 2. The van der Waals surface area contributed by atoms with Gasteiger partial charge in [-0.15, -0.1) is 0 Å². The van der Waals surface area contributed by atoms with Crippen LogP contribution in [0.25, 0.3) is 0 Å². The van der Waals surface area contributed by atoms with Crippen LogP contribution in [0.4, 0.5) is 11.5 Å². The Bertz CT molecular complexity index is 815. The molecule has 7 nitrogen and oxygen atoms in total. The van der Waals surface area contributed by atoms with Gasteiger partial charge in [-0.25, -0.2) is 4.68 Å². The van der Waals surface area contributed by atoms with Gasteiger partial charge in [-0.05, 0) is 25.0 Å². The Morgan fingerprint density at radius 2 is 2.11 bits per heavy atom. The Kier molecular flexibility index (Phi) is 5.78. The number of rotatable bonds is 7. The fourth-order valence-electron chi connectivity index (χ4n) is 3.23. The largest absolute Gasteiger partial charge is 0.492 e. The van der Waals surface area contributed by atoms with Crippen molar-refractivity contribution >= 4 is 23.3 Å². The molecule has 1 aromatic carbocycles. The van der Waals surface area contributed by atoms with Gasteiger partial charge in [0.15, 0.2) is 0 Å². The van der Waals surface area contributed by atoms with Crippen LogP contribution in [0.1, 0.15) is 27.2 Å². The lowest BCUT2D eigenvalue weighted by Gasteiger charge is -2.20. The van der Waals surface area contributed by atoms with Gasteiger partial charge in [-0.1, -0.05) is 26.0 Å². The van der Waals surface area contributed by atoms with E-state index in [1.165, 1.54) is 0 Å². The van der Waals surface area contributed by atoms with Gasteiger partial charge >= 0.3 is 0 Å². The van der Waals surface area contributed by atoms with Crippen LogP contribution >= 0.6 is 0 Å². The number of ether oxygens (including phenoxy) is 1. The molecule has 0 spiro atoms. The fourth-order valence-corrected chi connectivity index (χ4v) is 3.23. The predicted octanol–water partition coefficient (Wildman–Crippen LogP) is 2.93. The molecule has 2 aromatic rings. The number of anilines is 2. The Hall–Kier alpha value is -2.83. The van der Waals surface area contributed by atoms with Crippen LogP contribution in [0.5, 0.6) is 5.75 Å². The molecular formula is C20H26N4O3. The number of hydrogen-bond acceptors (Lipinski definition) is 4. The molecule has 0 aliphatic carbocycles. The number of para-hydroxylation sites is 2. The molecule has 1 fully saturated rings. The van der Waals surface area contributed by atoms with E-state index >= 15 is 0 Å². The number of nitrogens with one attached hydrogen (secondary N) is 1. The second-order valence-electron chi connectivity index (χ2n) is 7.09. The van der Waals surface area contributed by atoms with Gasteiger partial charge in [0.1, 0.15) is 11.6 Å². The average molecular weight is 370 g/mol. The minimum atomic E-state index is -0.408. The first kappa shape index (κ1) is 18.9. The molecule has 1 aliphatic heterocycles. The third-order valence-corrected chi connectivity index (χ3v) is 4.46. The summed E-state index contributed by atoms with van der Waals surface area (Å²) in [5, 5.41) is 7.18. The smallest absolute Gasteiger partial charge is 0.230 e. The lowest BCUT2D eigenvalue weighted by Crippen LogP contribution is -2.29. The molecule has 2 amide bonds. The summed E-state index contributed by atoms with van der Waals surface area (Å²) in [5.74, 6) is 1.09. The molecule has 7 heteroatoms. The van der Waals surface area contributed by atoms with Crippen molar-refractivity contribution in [1.29, 1.82) is 0 Å². The summed E-state index contributed by atoms with van der Waals surface area (Å²) >= 11 is 0. The van der Waals surface area contributed by atoms with Crippen molar-refractivity contribution in [3.63, 3.8) is 0 Å². The first-order valence-electron chi connectivity index (χ1n) is 9.34. The maximum atomic E-state index is 12.7. The highest BCUT2D eigenvalue weighted by atomic mass is 16.5. The summed E-state index contributed by atoms with van der Waals surface area (Å²) < 4.78 is 7.40. The van der Waals surface area contributed by atoms with Crippen molar-refractivity contribution in [2.45, 2.75) is 33.7 Å². The van der Waals surface area contributed by atoms with Gasteiger partial charge in [0, 0.05) is 25.6 Å². The van der Waals surface area contributed by atoms with E-state index in [9.17, 15) is 9.59 Å². The summed E-state index contributed by atoms with van der Waals surface area (Å²) in [4.78, 5) is 26.9. The molecular weight excluding hydrogens is 344 g/mol. The number of benzene rings is 1. The molecule has 144 valence electrons. The van der Waals surface area contributed by atoms with Crippen molar-refractivity contribution in [2.75, 3.05) is 23.4 Å². The molecule has 1 saturated heterocycles. The SMILES string of the molecule is CCOc1ccccc1N1CC(C(=O)Nc2ccnn2CC(C)C)CC1=O. The van der Waals surface area contributed by atoms with E-state index in [1.807, 2.05) is 31.2 Å². The lowest BCUT2D eigenvalue weighted by molar-refractivity contribution is -0.122. The van der Waals surface area contributed by atoms with Crippen LogP contribution in [0.2, 0.25) is 0 Å². The topological polar surface area (TPSA) is 76.5 Å². The van der Waals surface area contributed by atoms with Gasteiger partial charge in [0.05, 0.1) is 24.4 Å². The van der Waals surface area contributed by atoms with E-state index in [0.29, 0.717) is 36.3 Å². The maximum Gasteiger partial charge on any atom is 0.230 e. The maximum absolute atomic E-state index is 12.7. The first-order chi connectivity index (χ1) is 13.0. The van der Waals surface area contributed by atoms with Crippen molar-refractivity contribution < 1.29 is 14.3 Å². The van der Waals surface area contributed by atoms with E-state index in [-0.39, 0.29) is 18.2 Å². The second kappa shape index (κ2) is 8.24. The van der Waals surface area contributed by atoms with Crippen LogP contribution in [-0.4, -0.2) is 34.7 Å². The molecule has 0 radical (unpaired) electrons. The molecule has 2 heterocycles. The third kappa shape index (κ3) is 4.30.